The van der Waals surface area contributed by atoms with Gasteiger partial charge in [-0.25, -0.2) is 4.39 Å². The van der Waals surface area contributed by atoms with E-state index in [1.54, 1.807) is 31.3 Å². The number of allylic oxidation sites excluding steroid dienone is 1. The highest BCUT2D eigenvalue weighted by Crippen LogP contribution is 2.42. The monoisotopic (exact) mass is 476 g/mol. The van der Waals surface area contributed by atoms with Crippen LogP contribution in [0.15, 0.2) is 42.4 Å². The number of alkyl halides is 3. The summed E-state index contributed by atoms with van der Waals surface area (Å²) in [5.41, 5.74) is 0.187. The first-order chi connectivity index (χ1) is 16.1. The predicted octanol–water partition coefficient (Wildman–Crippen LogP) is 5.37. The minimum atomic E-state index is -4.65. The number of anilines is 1. The zero-order valence-corrected chi connectivity index (χ0v) is 19.2. The highest BCUT2D eigenvalue weighted by molar-refractivity contribution is 6.00. The number of carbonyl (C=O) groups is 1. The van der Waals surface area contributed by atoms with E-state index in [9.17, 15) is 22.4 Å². The summed E-state index contributed by atoms with van der Waals surface area (Å²) in [5, 5.41) is 6.59. The molecule has 1 aliphatic heterocycles. The van der Waals surface area contributed by atoms with Gasteiger partial charge in [-0.2, -0.15) is 13.2 Å². The zero-order valence-electron chi connectivity index (χ0n) is 19.2. The molecule has 1 fully saturated rings. The third kappa shape index (κ3) is 4.80. The summed E-state index contributed by atoms with van der Waals surface area (Å²) in [6.45, 7) is 4.14. The van der Waals surface area contributed by atoms with E-state index in [4.69, 9.17) is 0 Å². The molecule has 1 aromatic heterocycles. The summed E-state index contributed by atoms with van der Waals surface area (Å²) < 4.78 is 55.6. The zero-order chi connectivity index (χ0) is 24.6. The van der Waals surface area contributed by atoms with Crippen LogP contribution in [0, 0.1) is 5.92 Å². The molecule has 2 unspecified atom stereocenters. The number of benzene rings is 1. The van der Waals surface area contributed by atoms with Crippen LogP contribution in [0.2, 0.25) is 0 Å². The number of rotatable bonds is 5. The standard InChI is InChI=1S/C25H28F4N4O/c1-14(25(27,28)29)23-17-5-4-6-20(31-21-9-10-33(3)13-19(21)26)18(17)12-22(32-23)15-7-8-16(11-15)24(34)30-2/h4-6,12,15-16,31H,1,7-11,13H2,2-3H3,(H,30,34). The average molecular weight is 477 g/mol. The van der Waals surface area contributed by atoms with Gasteiger partial charge in [-0.1, -0.05) is 18.7 Å². The third-order valence-corrected chi connectivity index (χ3v) is 6.76. The van der Waals surface area contributed by atoms with Crippen molar-refractivity contribution in [3.8, 4) is 0 Å². The Morgan fingerprint density at radius 2 is 2.00 bits per heavy atom. The van der Waals surface area contributed by atoms with Gasteiger partial charge in [0.05, 0.1) is 17.8 Å². The smallest absolute Gasteiger partial charge is 0.359 e. The molecule has 182 valence electrons. The molecule has 1 aliphatic carbocycles. The second-order valence-electron chi connectivity index (χ2n) is 9.09. The molecule has 1 aromatic carbocycles. The lowest BCUT2D eigenvalue weighted by Crippen LogP contribution is -2.28. The molecule has 1 saturated carbocycles. The summed E-state index contributed by atoms with van der Waals surface area (Å²) >= 11 is 0. The van der Waals surface area contributed by atoms with Crippen LogP contribution in [0.1, 0.15) is 43.0 Å². The number of pyridine rings is 1. The molecule has 2 heterocycles. The number of nitrogens with zero attached hydrogens (tertiary/aromatic N) is 2. The van der Waals surface area contributed by atoms with Gasteiger partial charge in [-0.05, 0) is 38.4 Å². The van der Waals surface area contributed by atoms with E-state index < -0.39 is 11.7 Å². The number of carbonyl (C=O) groups excluding carboxylic acids is 1. The Balaban J connectivity index is 1.81. The van der Waals surface area contributed by atoms with Crippen molar-refractivity contribution >= 4 is 27.9 Å². The van der Waals surface area contributed by atoms with Gasteiger partial charge in [0.15, 0.2) is 0 Å². The lowest BCUT2D eigenvalue weighted by molar-refractivity contribution is -0.124. The van der Waals surface area contributed by atoms with Gasteiger partial charge in [-0.15, -0.1) is 0 Å². The molecule has 4 rings (SSSR count). The molecule has 0 spiro atoms. The average Bonchev–Trinajstić information content (AvgIpc) is 3.29. The summed E-state index contributed by atoms with van der Waals surface area (Å²) in [7, 11) is 3.40. The Kier molecular flexibility index (Phi) is 6.66. The number of likely N-dealkylation sites (N-methyl/N-ethyl adjacent to an activating group) is 1. The molecule has 2 aromatic rings. The maximum absolute atomic E-state index is 14.6. The van der Waals surface area contributed by atoms with Gasteiger partial charge in [0.2, 0.25) is 5.91 Å². The van der Waals surface area contributed by atoms with Crippen molar-refractivity contribution in [1.82, 2.24) is 15.2 Å². The highest BCUT2D eigenvalue weighted by atomic mass is 19.4. The van der Waals surface area contributed by atoms with Crippen LogP contribution in [0.25, 0.3) is 16.3 Å². The number of halogens is 4. The number of nitrogens with one attached hydrogen (secondary N) is 2. The first-order valence-corrected chi connectivity index (χ1v) is 11.3. The van der Waals surface area contributed by atoms with Crippen LogP contribution < -0.4 is 10.6 Å². The quantitative estimate of drug-likeness (QED) is 0.570. The molecule has 2 atom stereocenters. The molecule has 2 aliphatic rings. The van der Waals surface area contributed by atoms with Gasteiger partial charge < -0.3 is 10.6 Å². The van der Waals surface area contributed by atoms with Crippen LogP contribution in [0.3, 0.4) is 0 Å². The first-order valence-electron chi connectivity index (χ1n) is 11.3. The van der Waals surface area contributed by atoms with E-state index in [2.05, 4.69) is 22.2 Å². The normalized spacial score (nSPS) is 21.7. The van der Waals surface area contributed by atoms with Gasteiger partial charge in [0.1, 0.15) is 5.83 Å². The van der Waals surface area contributed by atoms with Crippen LogP contribution in [-0.4, -0.2) is 49.2 Å². The second kappa shape index (κ2) is 9.37. The Bertz CT molecular complexity index is 1160. The minimum Gasteiger partial charge on any atom is -0.359 e. The number of hydrogen-bond donors (Lipinski definition) is 2. The SMILES string of the molecule is C=C(c1nc(C2CCC(C(=O)NC)C2)cc2c(NC3=C(F)CN(C)CC3)cccc12)C(F)(F)F. The fraction of sp³-hybridized carbons (Fsp3) is 0.440. The predicted molar refractivity (Wildman–Crippen MR) is 125 cm³/mol. The Labute approximate surface area is 195 Å². The van der Waals surface area contributed by atoms with Gasteiger partial charge in [-0.3, -0.25) is 14.7 Å². The third-order valence-electron chi connectivity index (χ3n) is 6.76. The molecule has 0 saturated heterocycles. The number of fused-ring (bicyclic) bond motifs is 1. The van der Waals surface area contributed by atoms with E-state index in [1.807, 2.05) is 11.9 Å². The largest absolute Gasteiger partial charge is 0.417 e. The topological polar surface area (TPSA) is 57.3 Å². The molecular formula is C25H28F4N4O. The number of aromatic nitrogens is 1. The van der Waals surface area contributed by atoms with Crippen molar-refractivity contribution in [2.24, 2.45) is 5.92 Å². The molecule has 0 radical (unpaired) electrons. The van der Waals surface area contributed by atoms with Crippen LogP contribution >= 0.6 is 0 Å². The Morgan fingerprint density at radius 1 is 1.24 bits per heavy atom. The fourth-order valence-corrected chi connectivity index (χ4v) is 4.81. The van der Waals surface area contributed by atoms with E-state index in [0.29, 0.717) is 60.1 Å². The summed E-state index contributed by atoms with van der Waals surface area (Å²) in [5.74, 6) is -0.716. The van der Waals surface area contributed by atoms with E-state index in [0.717, 1.165) is 0 Å². The van der Waals surface area contributed by atoms with Gasteiger partial charge >= 0.3 is 6.18 Å². The van der Waals surface area contributed by atoms with Crippen molar-refractivity contribution < 1.29 is 22.4 Å². The number of amides is 1. The molecule has 1 amide bonds. The van der Waals surface area contributed by atoms with Crippen LogP contribution in [0.4, 0.5) is 23.2 Å². The summed E-state index contributed by atoms with van der Waals surface area (Å²) in [4.78, 5) is 18.4. The van der Waals surface area contributed by atoms with Crippen molar-refractivity contribution in [1.29, 1.82) is 0 Å². The van der Waals surface area contributed by atoms with E-state index in [1.165, 1.54) is 0 Å². The minimum absolute atomic E-state index is 0.0738. The van der Waals surface area contributed by atoms with Crippen LogP contribution in [-0.2, 0) is 4.79 Å². The summed E-state index contributed by atoms with van der Waals surface area (Å²) in [6, 6.07) is 6.71. The van der Waals surface area contributed by atoms with Crippen molar-refractivity contribution in [2.75, 3.05) is 32.5 Å². The van der Waals surface area contributed by atoms with Crippen molar-refractivity contribution in [3.63, 3.8) is 0 Å². The van der Waals surface area contributed by atoms with Gasteiger partial charge in [0.25, 0.3) is 0 Å². The maximum Gasteiger partial charge on any atom is 0.417 e. The highest BCUT2D eigenvalue weighted by Gasteiger charge is 2.37. The molecule has 34 heavy (non-hydrogen) atoms. The lowest BCUT2D eigenvalue weighted by Gasteiger charge is -2.25. The molecular weight excluding hydrogens is 448 g/mol. The fourth-order valence-electron chi connectivity index (χ4n) is 4.81. The van der Waals surface area contributed by atoms with Crippen LogP contribution in [0.5, 0.6) is 0 Å². The van der Waals surface area contributed by atoms with E-state index >= 15 is 0 Å². The molecule has 2 N–H and O–H groups in total. The van der Waals surface area contributed by atoms with Crippen molar-refractivity contribution in [2.45, 2.75) is 37.8 Å². The Hall–Kier alpha value is -2.94. The number of hydrogen-bond acceptors (Lipinski definition) is 4. The Morgan fingerprint density at radius 3 is 2.68 bits per heavy atom. The molecule has 0 bridgehead atoms. The first kappa shape index (κ1) is 24.2. The molecule has 9 heteroatoms. The van der Waals surface area contributed by atoms with E-state index in [-0.39, 0.29) is 35.8 Å². The second-order valence-corrected chi connectivity index (χ2v) is 9.09. The maximum atomic E-state index is 14.6. The lowest BCUT2D eigenvalue weighted by atomic mass is 9.95. The summed E-state index contributed by atoms with van der Waals surface area (Å²) in [6.07, 6.45) is -2.38. The van der Waals surface area contributed by atoms with Crippen molar-refractivity contribution in [3.05, 3.63) is 53.8 Å². The van der Waals surface area contributed by atoms with Gasteiger partial charge in [0, 0.05) is 59.7 Å². The molecule has 5 nitrogen and oxygen atoms in total.